The van der Waals surface area contributed by atoms with E-state index >= 15 is 0 Å². The molecule has 112 valence electrons. The zero-order valence-corrected chi connectivity index (χ0v) is 12.7. The summed E-state index contributed by atoms with van der Waals surface area (Å²) in [7, 11) is 1.61. The van der Waals surface area contributed by atoms with Crippen LogP contribution in [0.25, 0.3) is 11.0 Å². The summed E-state index contributed by atoms with van der Waals surface area (Å²) in [5.41, 5.74) is 0.179. The molecule has 0 radical (unpaired) electrons. The Morgan fingerprint density at radius 2 is 2.14 bits per heavy atom. The highest BCUT2D eigenvalue weighted by atomic mass is 32.2. The summed E-state index contributed by atoms with van der Waals surface area (Å²) in [6.45, 7) is 0. The molecule has 0 aliphatic heterocycles. The zero-order chi connectivity index (χ0) is 15.7. The summed E-state index contributed by atoms with van der Waals surface area (Å²) in [5, 5.41) is 1.26. The number of aromatic nitrogens is 3. The van der Waals surface area contributed by atoms with Gasteiger partial charge in [-0.1, -0.05) is 17.8 Å². The van der Waals surface area contributed by atoms with Gasteiger partial charge < -0.3 is 4.74 Å². The van der Waals surface area contributed by atoms with Gasteiger partial charge in [0.05, 0.1) is 0 Å². The second-order valence-electron chi connectivity index (χ2n) is 4.57. The minimum absolute atomic E-state index is 0.0982. The molecule has 0 bridgehead atoms. The summed E-state index contributed by atoms with van der Waals surface area (Å²) >= 11 is 1.40. The Hall–Kier alpha value is -2.41. The quantitative estimate of drug-likeness (QED) is 0.549. The Morgan fingerprint density at radius 3 is 2.86 bits per heavy atom. The molecule has 7 heteroatoms. The van der Waals surface area contributed by atoms with E-state index in [9.17, 15) is 9.18 Å². The van der Waals surface area contributed by atoms with Crippen molar-refractivity contribution in [3.63, 3.8) is 0 Å². The molecule has 0 fully saturated rings. The van der Waals surface area contributed by atoms with Crippen LogP contribution in [0.1, 0.15) is 0 Å². The van der Waals surface area contributed by atoms with Gasteiger partial charge in [0.15, 0.2) is 10.9 Å². The molecule has 1 aromatic carbocycles. The van der Waals surface area contributed by atoms with E-state index in [0.717, 1.165) is 0 Å². The van der Waals surface area contributed by atoms with E-state index in [2.05, 4.69) is 9.97 Å². The Kier molecular flexibility index (Phi) is 3.81. The monoisotopic (exact) mass is 317 g/mol. The maximum atomic E-state index is 13.2. The number of ether oxygens (including phenoxy) is 1. The van der Waals surface area contributed by atoms with Crippen molar-refractivity contribution in [2.45, 2.75) is 5.16 Å². The van der Waals surface area contributed by atoms with E-state index in [0.29, 0.717) is 16.2 Å². The normalized spacial score (nSPS) is 10.9. The largest absolute Gasteiger partial charge is 0.451 e. The number of thioether (sulfide) groups is 1. The van der Waals surface area contributed by atoms with Crippen LogP contribution in [0.15, 0.2) is 46.5 Å². The van der Waals surface area contributed by atoms with E-state index in [-0.39, 0.29) is 17.1 Å². The topological polar surface area (TPSA) is 57.0 Å². The van der Waals surface area contributed by atoms with E-state index in [4.69, 9.17) is 4.74 Å². The van der Waals surface area contributed by atoms with Crippen LogP contribution in [0.5, 0.6) is 11.5 Å². The van der Waals surface area contributed by atoms with Crippen LogP contribution >= 0.6 is 11.8 Å². The van der Waals surface area contributed by atoms with Gasteiger partial charge >= 0.3 is 0 Å². The Morgan fingerprint density at radius 1 is 1.32 bits per heavy atom. The third kappa shape index (κ3) is 2.67. The number of aryl methyl sites for hydroxylation is 1. The first-order valence-electron chi connectivity index (χ1n) is 6.42. The van der Waals surface area contributed by atoms with Crippen LogP contribution in [0, 0.1) is 5.82 Å². The summed E-state index contributed by atoms with van der Waals surface area (Å²) in [5.74, 6) is -0.0673. The van der Waals surface area contributed by atoms with Gasteiger partial charge in [0.1, 0.15) is 17.2 Å². The fourth-order valence-corrected chi connectivity index (χ4v) is 2.37. The van der Waals surface area contributed by atoms with Gasteiger partial charge in [0.25, 0.3) is 5.56 Å². The number of halogens is 1. The number of nitrogens with zero attached hydrogens (tertiary/aromatic N) is 3. The lowest BCUT2D eigenvalue weighted by Crippen LogP contribution is -2.19. The van der Waals surface area contributed by atoms with Gasteiger partial charge in [0, 0.05) is 24.7 Å². The number of rotatable bonds is 3. The maximum Gasteiger partial charge on any atom is 0.294 e. The average Bonchev–Trinajstić information content (AvgIpc) is 2.52. The van der Waals surface area contributed by atoms with Crippen molar-refractivity contribution in [2.24, 2.45) is 7.05 Å². The number of pyridine rings is 1. The summed E-state index contributed by atoms with van der Waals surface area (Å²) in [6.07, 6.45) is 3.49. The minimum Gasteiger partial charge on any atom is -0.451 e. The van der Waals surface area contributed by atoms with E-state index < -0.39 is 5.82 Å². The van der Waals surface area contributed by atoms with Crippen LogP contribution < -0.4 is 10.3 Å². The van der Waals surface area contributed by atoms with Gasteiger partial charge in [-0.25, -0.2) is 14.4 Å². The molecule has 3 aromatic rings. The molecule has 0 aliphatic rings. The van der Waals surface area contributed by atoms with E-state index in [1.807, 2.05) is 6.26 Å². The SMILES string of the molecule is CSc1ncc2cc(Oc3cccc(F)c3)c(=O)n(C)c2n1. The molecular formula is C15H12FN3O2S. The van der Waals surface area contributed by atoms with Gasteiger partial charge in [-0.2, -0.15) is 0 Å². The predicted octanol–water partition coefficient (Wildman–Crippen LogP) is 2.98. The van der Waals surface area contributed by atoms with Crippen LogP contribution in [0.3, 0.4) is 0 Å². The number of hydrogen-bond donors (Lipinski definition) is 0. The van der Waals surface area contributed by atoms with Crippen LogP contribution in [0.4, 0.5) is 4.39 Å². The Labute approximate surface area is 129 Å². The van der Waals surface area contributed by atoms with Gasteiger partial charge in [0.2, 0.25) is 0 Å². The van der Waals surface area contributed by atoms with Crippen LogP contribution in [0.2, 0.25) is 0 Å². The number of hydrogen-bond acceptors (Lipinski definition) is 5. The molecule has 2 heterocycles. The highest BCUT2D eigenvalue weighted by Gasteiger charge is 2.11. The van der Waals surface area contributed by atoms with Gasteiger partial charge in [-0.05, 0) is 24.5 Å². The fraction of sp³-hybridized carbons (Fsp3) is 0.133. The molecule has 0 saturated heterocycles. The molecule has 0 aliphatic carbocycles. The molecule has 0 amide bonds. The van der Waals surface area contributed by atoms with Crippen molar-refractivity contribution in [1.29, 1.82) is 0 Å². The standard InChI is InChI=1S/C15H12FN3O2S/c1-19-13-9(8-17-15(18-13)22-2)6-12(14(19)20)21-11-5-3-4-10(16)7-11/h3-8H,1-2H3. The molecular weight excluding hydrogens is 305 g/mol. The third-order valence-corrected chi connectivity index (χ3v) is 3.66. The molecule has 0 N–H and O–H groups in total. The van der Waals surface area contributed by atoms with E-state index in [1.54, 1.807) is 25.4 Å². The lowest BCUT2D eigenvalue weighted by molar-refractivity contribution is 0.466. The summed E-state index contributed by atoms with van der Waals surface area (Å²) in [4.78, 5) is 20.8. The summed E-state index contributed by atoms with van der Waals surface area (Å²) < 4.78 is 20.1. The first-order chi connectivity index (χ1) is 10.6. The number of fused-ring (bicyclic) bond motifs is 1. The molecule has 0 atom stereocenters. The molecule has 0 spiro atoms. The van der Waals surface area contributed by atoms with Crippen molar-refractivity contribution >= 4 is 22.8 Å². The molecule has 0 unspecified atom stereocenters. The fourth-order valence-electron chi connectivity index (χ4n) is 2.03. The number of benzene rings is 1. The van der Waals surface area contributed by atoms with Gasteiger partial charge in [-0.15, -0.1) is 0 Å². The zero-order valence-electron chi connectivity index (χ0n) is 11.9. The molecule has 3 rings (SSSR count). The Balaban J connectivity index is 2.11. The lowest BCUT2D eigenvalue weighted by atomic mass is 10.3. The maximum absolute atomic E-state index is 13.2. The van der Waals surface area contributed by atoms with Crippen LogP contribution in [-0.4, -0.2) is 20.8 Å². The third-order valence-electron chi connectivity index (χ3n) is 3.10. The van der Waals surface area contributed by atoms with Crippen molar-refractivity contribution in [1.82, 2.24) is 14.5 Å². The first kappa shape index (κ1) is 14.5. The lowest BCUT2D eigenvalue weighted by Gasteiger charge is -2.09. The minimum atomic E-state index is -0.428. The first-order valence-corrected chi connectivity index (χ1v) is 7.65. The molecule has 5 nitrogen and oxygen atoms in total. The Bertz CT molecular complexity index is 911. The average molecular weight is 317 g/mol. The van der Waals surface area contributed by atoms with E-state index in [1.165, 1.54) is 34.5 Å². The van der Waals surface area contributed by atoms with Crippen molar-refractivity contribution < 1.29 is 9.13 Å². The highest BCUT2D eigenvalue weighted by Crippen LogP contribution is 2.22. The smallest absolute Gasteiger partial charge is 0.294 e. The second kappa shape index (κ2) is 5.76. The van der Waals surface area contributed by atoms with Gasteiger partial charge in [-0.3, -0.25) is 9.36 Å². The van der Waals surface area contributed by atoms with Crippen molar-refractivity contribution in [3.05, 3.63) is 52.7 Å². The second-order valence-corrected chi connectivity index (χ2v) is 5.34. The summed E-state index contributed by atoms with van der Waals surface area (Å²) in [6, 6.07) is 7.19. The van der Waals surface area contributed by atoms with Crippen molar-refractivity contribution in [3.8, 4) is 11.5 Å². The van der Waals surface area contributed by atoms with Crippen molar-refractivity contribution in [2.75, 3.05) is 6.26 Å². The predicted molar refractivity (Wildman–Crippen MR) is 83.0 cm³/mol. The molecule has 22 heavy (non-hydrogen) atoms. The molecule has 0 saturated carbocycles. The molecule has 2 aromatic heterocycles. The van der Waals surface area contributed by atoms with Crippen LogP contribution in [-0.2, 0) is 7.05 Å². The highest BCUT2D eigenvalue weighted by molar-refractivity contribution is 7.98.